The quantitative estimate of drug-likeness (QED) is 0.723. The lowest BCUT2D eigenvalue weighted by Crippen LogP contribution is -2.47. The Morgan fingerprint density at radius 1 is 0.722 bits per heavy atom. The van der Waals surface area contributed by atoms with Gasteiger partial charge in [-0.1, -0.05) is 0 Å². The highest BCUT2D eigenvalue weighted by Crippen LogP contribution is 2.12. The summed E-state index contributed by atoms with van der Waals surface area (Å²) in [5, 5.41) is 3.40. The van der Waals surface area contributed by atoms with Crippen LogP contribution < -0.4 is 5.32 Å². The second kappa shape index (κ2) is 8.82. The summed E-state index contributed by atoms with van der Waals surface area (Å²) >= 11 is 0. The number of morpholine rings is 1. The summed E-state index contributed by atoms with van der Waals surface area (Å²) in [5.74, 6) is 0. The molecule has 3 aliphatic rings. The zero-order chi connectivity index (χ0) is 12.5. The lowest BCUT2D eigenvalue weighted by molar-refractivity contribution is -0.0334. The Labute approximate surface area is 110 Å². The van der Waals surface area contributed by atoms with E-state index in [9.17, 15) is 0 Å². The standard InChI is InChI=1S/C9H18N2O.C4H8O2/c1-3-10-4-2-9(1)11-5-7-12-8-6-11;1-2-6-4-3-5-1/h9-10H,1-8H2;1-4H2. The van der Waals surface area contributed by atoms with E-state index in [1.807, 2.05) is 0 Å². The Balaban J connectivity index is 0.000000169. The Hall–Kier alpha value is -0.200. The molecule has 3 rings (SSSR count). The van der Waals surface area contributed by atoms with Crippen LogP contribution in [0.1, 0.15) is 12.8 Å². The fourth-order valence-corrected chi connectivity index (χ4v) is 2.55. The van der Waals surface area contributed by atoms with Crippen LogP contribution in [0.3, 0.4) is 0 Å². The van der Waals surface area contributed by atoms with Crippen LogP contribution in [0.25, 0.3) is 0 Å². The molecule has 0 saturated carbocycles. The van der Waals surface area contributed by atoms with E-state index in [1.54, 1.807) is 0 Å². The minimum absolute atomic E-state index is 0.778. The monoisotopic (exact) mass is 258 g/mol. The van der Waals surface area contributed by atoms with Gasteiger partial charge in [-0.05, 0) is 25.9 Å². The summed E-state index contributed by atoms with van der Waals surface area (Å²) in [6.45, 7) is 9.66. The summed E-state index contributed by atoms with van der Waals surface area (Å²) in [7, 11) is 0. The minimum Gasteiger partial charge on any atom is -0.379 e. The lowest BCUT2D eigenvalue weighted by atomic mass is 10.0. The second-order valence-electron chi connectivity index (χ2n) is 4.85. The Bertz CT molecular complexity index is 173. The maximum absolute atomic E-state index is 5.33. The third-order valence-electron chi connectivity index (χ3n) is 3.61. The van der Waals surface area contributed by atoms with Gasteiger partial charge in [-0.25, -0.2) is 0 Å². The first-order valence-electron chi connectivity index (χ1n) is 7.15. The van der Waals surface area contributed by atoms with Crippen LogP contribution in [0.5, 0.6) is 0 Å². The van der Waals surface area contributed by atoms with Crippen LogP contribution in [0.2, 0.25) is 0 Å². The zero-order valence-electron chi connectivity index (χ0n) is 11.2. The molecule has 3 fully saturated rings. The molecule has 1 N–H and O–H groups in total. The normalized spacial score (nSPS) is 27.3. The van der Waals surface area contributed by atoms with Gasteiger partial charge >= 0.3 is 0 Å². The number of ether oxygens (including phenoxy) is 3. The number of piperidine rings is 1. The summed E-state index contributed by atoms with van der Waals surface area (Å²) in [5.41, 5.74) is 0. The van der Waals surface area contributed by atoms with Crippen LogP contribution in [0, 0.1) is 0 Å². The molecule has 0 spiro atoms. The predicted octanol–water partition coefficient (Wildman–Crippen LogP) is 0.104. The maximum Gasteiger partial charge on any atom is 0.0701 e. The molecule has 0 radical (unpaired) electrons. The topological polar surface area (TPSA) is 43.0 Å². The van der Waals surface area contributed by atoms with E-state index in [-0.39, 0.29) is 0 Å². The molecule has 3 saturated heterocycles. The smallest absolute Gasteiger partial charge is 0.0701 e. The molecule has 0 atom stereocenters. The summed E-state index contributed by atoms with van der Waals surface area (Å²) in [4.78, 5) is 2.59. The first kappa shape index (κ1) is 14.2. The van der Waals surface area contributed by atoms with Crippen LogP contribution in [0.15, 0.2) is 0 Å². The van der Waals surface area contributed by atoms with Crippen molar-refractivity contribution >= 4 is 0 Å². The molecule has 0 aromatic rings. The summed E-state index contributed by atoms with van der Waals surface area (Å²) in [6, 6.07) is 0.829. The SMILES string of the molecule is C1CC(N2CCOCC2)CCN1.C1COCCO1. The highest BCUT2D eigenvalue weighted by molar-refractivity contribution is 4.78. The molecule has 0 amide bonds. The van der Waals surface area contributed by atoms with Gasteiger partial charge in [-0.3, -0.25) is 4.90 Å². The van der Waals surface area contributed by atoms with Crippen LogP contribution in [-0.4, -0.2) is 76.8 Å². The van der Waals surface area contributed by atoms with Crippen LogP contribution >= 0.6 is 0 Å². The molecule has 5 heteroatoms. The molecule has 0 unspecified atom stereocenters. The molecule has 0 aliphatic carbocycles. The van der Waals surface area contributed by atoms with E-state index >= 15 is 0 Å². The van der Waals surface area contributed by atoms with Crippen LogP contribution in [-0.2, 0) is 14.2 Å². The van der Waals surface area contributed by atoms with Gasteiger partial charge in [0.2, 0.25) is 0 Å². The first-order valence-corrected chi connectivity index (χ1v) is 7.15. The largest absolute Gasteiger partial charge is 0.379 e. The second-order valence-corrected chi connectivity index (χ2v) is 4.85. The van der Waals surface area contributed by atoms with Gasteiger partial charge in [0, 0.05) is 19.1 Å². The minimum atomic E-state index is 0.778. The highest BCUT2D eigenvalue weighted by Gasteiger charge is 2.21. The van der Waals surface area contributed by atoms with E-state index < -0.39 is 0 Å². The molecule has 0 bridgehead atoms. The number of nitrogens with zero attached hydrogens (tertiary/aromatic N) is 1. The molecular weight excluding hydrogens is 232 g/mol. The Morgan fingerprint density at radius 2 is 1.22 bits per heavy atom. The van der Waals surface area contributed by atoms with Gasteiger partial charge < -0.3 is 19.5 Å². The fourth-order valence-electron chi connectivity index (χ4n) is 2.55. The van der Waals surface area contributed by atoms with E-state index in [0.29, 0.717) is 0 Å². The number of nitrogens with one attached hydrogen (secondary N) is 1. The van der Waals surface area contributed by atoms with Gasteiger partial charge in [0.1, 0.15) is 0 Å². The molecular formula is C13H26N2O3. The zero-order valence-corrected chi connectivity index (χ0v) is 11.2. The van der Waals surface area contributed by atoms with Crippen LogP contribution in [0.4, 0.5) is 0 Å². The molecule has 3 aliphatic heterocycles. The van der Waals surface area contributed by atoms with Crippen molar-refractivity contribution in [2.75, 3.05) is 65.8 Å². The van der Waals surface area contributed by atoms with Crippen molar-refractivity contribution in [1.29, 1.82) is 0 Å². The summed E-state index contributed by atoms with van der Waals surface area (Å²) < 4.78 is 15.2. The van der Waals surface area contributed by atoms with Crippen molar-refractivity contribution < 1.29 is 14.2 Å². The van der Waals surface area contributed by atoms with E-state index in [1.165, 1.54) is 25.9 Å². The third kappa shape index (κ3) is 5.20. The van der Waals surface area contributed by atoms with Gasteiger partial charge in [0.05, 0.1) is 39.6 Å². The molecule has 106 valence electrons. The van der Waals surface area contributed by atoms with Gasteiger partial charge in [-0.2, -0.15) is 0 Å². The summed E-state index contributed by atoms with van der Waals surface area (Å²) in [6.07, 6.45) is 2.64. The van der Waals surface area contributed by atoms with Gasteiger partial charge in [-0.15, -0.1) is 0 Å². The number of hydrogen-bond donors (Lipinski definition) is 1. The van der Waals surface area contributed by atoms with Crippen molar-refractivity contribution in [3.8, 4) is 0 Å². The number of hydrogen-bond acceptors (Lipinski definition) is 5. The lowest BCUT2D eigenvalue weighted by Gasteiger charge is -2.36. The van der Waals surface area contributed by atoms with E-state index in [2.05, 4.69) is 10.2 Å². The van der Waals surface area contributed by atoms with Gasteiger partial charge in [0.25, 0.3) is 0 Å². The fraction of sp³-hybridized carbons (Fsp3) is 1.00. The highest BCUT2D eigenvalue weighted by atomic mass is 16.6. The average Bonchev–Trinajstić information content (AvgIpc) is 2.51. The predicted molar refractivity (Wildman–Crippen MR) is 69.9 cm³/mol. The van der Waals surface area contributed by atoms with Crippen molar-refractivity contribution in [2.24, 2.45) is 0 Å². The molecule has 0 aromatic carbocycles. The molecule has 5 nitrogen and oxygen atoms in total. The molecule has 18 heavy (non-hydrogen) atoms. The molecule has 3 heterocycles. The van der Waals surface area contributed by atoms with Crippen molar-refractivity contribution in [3.63, 3.8) is 0 Å². The van der Waals surface area contributed by atoms with Crippen molar-refractivity contribution in [1.82, 2.24) is 10.2 Å². The van der Waals surface area contributed by atoms with Crippen molar-refractivity contribution in [3.05, 3.63) is 0 Å². The number of rotatable bonds is 1. The Kier molecular flexibility index (Phi) is 6.97. The third-order valence-corrected chi connectivity index (χ3v) is 3.61. The van der Waals surface area contributed by atoms with E-state index in [4.69, 9.17) is 14.2 Å². The average molecular weight is 258 g/mol. The first-order chi connectivity index (χ1) is 8.97. The molecule has 0 aromatic heterocycles. The van der Waals surface area contributed by atoms with Crippen molar-refractivity contribution in [2.45, 2.75) is 18.9 Å². The Morgan fingerprint density at radius 3 is 1.72 bits per heavy atom. The maximum atomic E-state index is 5.33. The van der Waals surface area contributed by atoms with Gasteiger partial charge in [0.15, 0.2) is 0 Å². The van der Waals surface area contributed by atoms with E-state index in [0.717, 1.165) is 58.8 Å².